The van der Waals surface area contributed by atoms with Crippen LogP contribution in [0.25, 0.3) is 0 Å². The van der Waals surface area contributed by atoms with E-state index >= 15 is 0 Å². The highest BCUT2D eigenvalue weighted by Gasteiger charge is 2.23. The van der Waals surface area contributed by atoms with E-state index in [0.29, 0.717) is 17.5 Å². The fraction of sp³-hybridized carbons (Fsp3) is 0.391. The second-order valence-electron chi connectivity index (χ2n) is 8.26. The third-order valence-corrected chi connectivity index (χ3v) is 6.46. The van der Waals surface area contributed by atoms with E-state index < -0.39 is 0 Å². The first-order valence-corrected chi connectivity index (χ1v) is 11.8. The van der Waals surface area contributed by atoms with Crippen molar-refractivity contribution < 1.29 is 14.3 Å². The second kappa shape index (κ2) is 9.32. The smallest absolute Gasteiger partial charge is 0.231 e. The number of aryl methyl sites for hydroxylation is 2. The van der Waals surface area contributed by atoms with E-state index in [1.807, 2.05) is 42.3 Å². The monoisotopic (exact) mass is 466 g/mol. The highest BCUT2D eigenvalue weighted by Crippen LogP contribution is 2.32. The molecule has 2 aliphatic rings. The number of ether oxygens (including phenoxy) is 2. The molecule has 0 spiro atoms. The quantitative estimate of drug-likeness (QED) is 0.593. The number of aromatic nitrogens is 3. The maximum Gasteiger partial charge on any atom is 0.231 e. The molecular formula is C23H26N6O3S. The fourth-order valence-corrected chi connectivity index (χ4v) is 4.75. The molecule has 0 atom stereocenters. The van der Waals surface area contributed by atoms with E-state index in [2.05, 4.69) is 31.2 Å². The van der Waals surface area contributed by atoms with Crippen LogP contribution in [-0.2, 0) is 17.8 Å². The van der Waals surface area contributed by atoms with Gasteiger partial charge in [-0.3, -0.25) is 9.69 Å². The predicted molar refractivity (Wildman–Crippen MR) is 125 cm³/mol. The number of carbonyl (C=O) groups excluding carboxylic acids is 1. The summed E-state index contributed by atoms with van der Waals surface area (Å²) < 4.78 is 10.8. The molecule has 2 aromatic heterocycles. The SMILES string of the molecule is Cc1cc(C)nc(Nc2nc(CC(=O)N3CCN(Cc4ccc5c(c4)OCO5)CC3)cs2)n1. The maximum absolute atomic E-state index is 12.8. The molecule has 10 heteroatoms. The van der Waals surface area contributed by atoms with E-state index in [1.54, 1.807) is 0 Å². The summed E-state index contributed by atoms with van der Waals surface area (Å²) in [6.45, 7) is 8.10. The lowest BCUT2D eigenvalue weighted by Gasteiger charge is -2.34. The molecule has 1 aromatic carbocycles. The molecule has 0 unspecified atom stereocenters. The summed E-state index contributed by atoms with van der Waals surface area (Å²) in [6.07, 6.45) is 0.300. The van der Waals surface area contributed by atoms with Crippen LogP contribution in [0.5, 0.6) is 11.5 Å². The number of hydrogen-bond acceptors (Lipinski definition) is 9. The zero-order valence-corrected chi connectivity index (χ0v) is 19.5. The molecule has 9 nitrogen and oxygen atoms in total. The summed E-state index contributed by atoms with van der Waals surface area (Å²) in [5.74, 6) is 2.24. The van der Waals surface area contributed by atoms with E-state index in [4.69, 9.17) is 9.47 Å². The van der Waals surface area contributed by atoms with Crippen LogP contribution in [0, 0.1) is 13.8 Å². The Morgan fingerprint density at radius 1 is 1.03 bits per heavy atom. The highest BCUT2D eigenvalue weighted by atomic mass is 32.1. The third-order valence-electron chi connectivity index (χ3n) is 5.65. The molecule has 5 rings (SSSR count). The first-order valence-electron chi connectivity index (χ1n) is 10.9. The Morgan fingerprint density at radius 2 is 1.79 bits per heavy atom. The van der Waals surface area contributed by atoms with Crippen LogP contribution in [0.1, 0.15) is 22.6 Å². The van der Waals surface area contributed by atoms with Crippen LogP contribution in [0.3, 0.4) is 0 Å². The molecule has 0 saturated carbocycles. The molecule has 0 radical (unpaired) electrons. The van der Waals surface area contributed by atoms with Crippen molar-refractivity contribution in [2.24, 2.45) is 0 Å². The van der Waals surface area contributed by atoms with Crippen LogP contribution in [-0.4, -0.2) is 63.6 Å². The summed E-state index contributed by atoms with van der Waals surface area (Å²) in [5, 5.41) is 5.75. The number of benzene rings is 1. The van der Waals surface area contributed by atoms with Gasteiger partial charge >= 0.3 is 0 Å². The van der Waals surface area contributed by atoms with Crippen molar-refractivity contribution >= 4 is 28.3 Å². The molecule has 1 amide bonds. The normalized spacial score (nSPS) is 15.6. The van der Waals surface area contributed by atoms with Gasteiger partial charge in [0.15, 0.2) is 16.6 Å². The fourth-order valence-electron chi connectivity index (χ4n) is 4.04. The molecule has 4 heterocycles. The van der Waals surface area contributed by atoms with Crippen molar-refractivity contribution in [2.45, 2.75) is 26.8 Å². The summed E-state index contributed by atoms with van der Waals surface area (Å²) in [4.78, 5) is 30.4. The molecule has 33 heavy (non-hydrogen) atoms. The minimum atomic E-state index is 0.109. The number of piperazine rings is 1. The summed E-state index contributed by atoms with van der Waals surface area (Å²) in [5.41, 5.74) is 3.75. The number of hydrogen-bond donors (Lipinski definition) is 1. The number of amides is 1. The van der Waals surface area contributed by atoms with Crippen molar-refractivity contribution in [1.82, 2.24) is 24.8 Å². The van der Waals surface area contributed by atoms with Crippen LogP contribution in [0.4, 0.5) is 11.1 Å². The van der Waals surface area contributed by atoms with Gasteiger partial charge in [0.1, 0.15) is 0 Å². The summed E-state index contributed by atoms with van der Waals surface area (Å²) in [7, 11) is 0. The zero-order chi connectivity index (χ0) is 22.8. The molecule has 1 saturated heterocycles. The standard InChI is InChI=1S/C23H26N6O3S/c1-15-9-16(2)25-22(24-15)27-23-26-18(13-33-23)11-21(30)29-7-5-28(6-8-29)12-17-3-4-19-20(10-17)32-14-31-19/h3-4,9-10,13H,5-8,11-12,14H2,1-2H3,(H,24,25,26,27). The number of nitrogens with one attached hydrogen (secondary N) is 1. The van der Waals surface area contributed by atoms with E-state index in [-0.39, 0.29) is 12.7 Å². The number of nitrogens with zero attached hydrogens (tertiary/aromatic N) is 5. The molecule has 1 N–H and O–H groups in total. The number of anilines is 2. The Labute approximate surface area is 196 Å². The Hall–Kier alpha value is -3.24. The lowest BCUT2D eigenvalue weighted by atomic mass is 10.1. The Bertz CT molecular complexity index is 1140. The molecule has 3 aromatic rings. The Morgan fingerprint density at radius 3 is 2.58 bits per heavy atom. The average molecular weight is 467 g/mol. The molecule has 1 fully saturated rings. The summed E-state index contributed by atoms with van der Waals surface area (Å²) in [6, 6.07) is 7.99. The van der Waals surface area contributed by atoms with Gasteiger partial charge in [-0.25, -0.2) is 15.0 Å². The first-order chi connectivity index (χ1) is 16.0. The van der Waals surface area contributed by atoms with Gasteiger partial charge in [-0.1, -0.05) is 6.07 Å². The lowest BCUT2D eigenvalue weighted by Crippen LogP contribution is -2.48. The third kappa shape index (κ3) is 5.23. The van der Waals surface area contributed by atoms with E-state index in [0.717, 1.165) is 61.3 Å². The van der Waals surface area contributed by atoms with Gasteiger partial charge in [-0.15, -0.1) is 11.3 Å². The Kier molecular flexibility index (Phi) is 6.10. The average Bonchev–Trinajstić information content (AvgIpc) is 3.42. The first kappa shape index (κ1) is 21.6. The molecule has 172 valence electrons. The van der Waals surface area contributed by atoms with Crippen LogP contribution in [0.15, 0.2) is 29.6 Å². The minimum Gasteiger partial charge on any atom is -0.454 e. The van der Waals surface area contributed by atoms with Crippen molar-refractivity contribution in [1.29, 1.82) is 0 Å². The number of fused-ring (bicyclic) bond motifs is 1. The van der Waals surface area contributed by atoms with Gasteiger partial charge in [0, 0.05) is 49.5 Å². The Balaban J connectivity index is 1.11. The van der Waals surface area contributed by atoms with Gasteiger partial charge in [0.25, 0.3) is 0 Å². The van der Waals surface area contributed by atoms with Gasteiger partial charge in [0.05, 0.1) is 12.1 Å². The van der Waals surface area contributed by atoms with Gasteiger partial charge in [-0.05, 0) is 37.6 Å². The molecule has 0 aliphatic carbocycles. The van der Waals surface area contributed by atoms with Crippen molar-refractivity contribution in [3.63, 3.8) is 0 Å². The molecule has 0 bridgehead atoms. The van der Waals surface area contributed by atoms with E-state index in [1.165, 1.54) is 16.9 Å². The molecule has 2 aliphatic heterocycles. The van der Waals surface area contributed by atoms with E-state index in [9.17, 15) is 4.79 Å². The predicted octanol–water partition coefficient (Wildman–Crippen LogP) is 2.91. The topological polar surface area (TPSA) is 92.7 Å². The zero-order valence-electron chi connectivity index (χ0n) is 18.7. The van der Waals surface area contributed by atoms with Gasteiger partial charge < -0.3 is 19.7 Å². The largest absolute Gasteiger partial charge is 0.454 e. The second-order valence-corrected chi connectivity index (χ2v) is 9.12. The van der Waals surface area contributed by atoms with Crippen molar-refractivity contribution in [2.75, 3.05) is 38.3 Å². The van der Waals surface area contributed by atoms with Crippen LogP contribution >= 0.6 is 11.3 Å². The van der Waals surface area contributed by atoms with Gasteiger partial charge in [-0.2, -0.15) is 0 Å². The van der Waals surface area contributed by atoms with Crippen LogP contribution in [0.2, 0.25) is 0 Å². The lowest BCUT2D eigenvalue weighted by molar-refractivity contribution is -0.132. The molecular weight excluding hydrogens is 440 g/mol. The minimum absolute atomic E-state index is 0.109. The van der Waals surface area contributed by atoms with Crippen molar-refractivity contribution in [3.8, 4) is 11.5 Å². The summed E-state index contributed by atoms with van der Waals surface area (Å²) >= 11 is 1.45. The number of thiazole rings is 1. The van der Waals surface area contributed by atoms with Crippen molar-refractivity contribution in [3.05, 3.63) is 52.3 Å². The maximum atomic E-state index is 12.8. The van der Waals surface area contributed by atoms with Crippen LogP contribution < -0.4 is 14.8 Å². The number of carbonyl (C=O) groups is 1. The highest BCUT2D eigenvalue weighted by molar-refractivity contribution is 7.13. The number of rotatable bonds is 6. The van der Waals surface area contributed by atoms with Gasteiger partial charge in [0.2, 0.25) is 18.6 Å².